The third-order valence-electron chi connectivity index (χ3n) is 4.04. The normalized spacial score (nSPS) is 11.5. The van der Waals surface area contributed by atoms with Gasteiger partial charge in [-0.3, -0.25) is 4.79 Å². The third kappa shape index (κ3) is 4.09. The van der Waals surface area contributed by atoms with Gasteiger partial charge in [0, 0.05) is 6.07 Å². The Morgan fingerprint density at radius 1 is 1.00 bits per heavy atom. The molecule has 0 saturated heterocycles. The number of benzene rings is 2. The second-order valence-electron chi connectivity index (χ2n) is 5.65. The van der Waals surface area contributed by atoms with E-state index in [0.29, 0.717) is 17.1 Å². The van der Waals surface area contributed by atoms with Crippen molar-refractivity contribution in [3.05, 3.63) is 58.7 Å². The molecule has 1 unspecified atom stereocenters. The number of nitrogens with one attached hydrogen (secondary N) is 1. The van der Waals surface area contributed by atoms with Gasteiger partial charge in [0.25, 0.3) is 5.91 Å². The molecule has 0 aromatic heterocycles. The predicted octanol–water partition coefficient (Wildman–Crippen LogP) is 2.88. The second-order valence-corrected chi connectivity index (χ2v) is 5.65. The number of carbonyl (C=O) groups excluding carboxylic acids is 1. The van der Waals surface area contributed by atoms with Crippen molar-refractivity contribution in [2.75, 3.05) is 14.2 Å². The summed E-state index contributed by atoms with van der Waals surface area (Å²) >= 11 is 0. The minimum absolute atomic E-state index is 0.235. The average Bonchev–Trinajstić information content (AvgIpc) is 2.61. The Bertz CT molecular complexity index is 800. The Labute approximate surface area is 146 Å². The quantitative estimate of drug-likeness (QED) is 0.842. The van der Waals surface area contributed by atoms with Crippen molar-refractivity contribution in [3.8, 4) is 11.5 Å². The lowest BCUT2D eigenvalue weighted by Gasteiger charge is -2.17. The van der Waals surface area contributed by atoms with E-state index in [1.165, 1.54) is 20.3 Å². The Balaban J connectivity index is 2.32. The molecule has 132 valence electrons. The highest BCUT2D eigenvalue weighted by molar-refractivity contribution is 5.99. The third-order valence-corrected chi connectivity index (χ3v) is 4.04. The Morgan fingerprint density at radius 3 is 2.28 bits per heavy atom. The molecule has 2 rings (SSSR count). The highest BCUT2D eigenvalue weighted by Crippen LogP contribution is 2.25. The minimum Gasteiger partial charge on any atom is -0.497 e. The number of carboxylic acid groups (broad SMARTS) is 1. The molecule has 0 heterocycles. The van der Waals surface area contributed by atoms with Crippen molar-refractivity contribution < 1.29 is 24.2 Å². The lowest BCUT2D eigenvalue weighted by Crippen LogP contribution is -2.34. The maximum atomic E-state index is 12.6. The zero-order valence-corrected chi connectivity index (χ0v) is 14.6. The van der Waals surface area contributed by atoms with Crippen LogP contribution in [-0.4, -0.2) is 31.2 Å². The van der Waals surface area contributed by atoms with Gasteiger partial charge in [-0.15, -0.1) is 0 Å². The summed E-state index contributed by atoms with van der Waals surface area (Å²) in [5, 5.41) is 12.1. The molecular weight excluding hydrogens is 322 g/mol. The molecule has 2 aromatic carbocycles. The molecule has 0 saturated carbocycles. The number of methoxy groups -OCH3 is 2. The molecule has 2 N–H and O–H groups in total. The summed E-state index contributed by atoms with van der Waals surface area (Å²) in [6, 6.07) is 8.86. The van der Waals surface area contributed by atoms with E-state index in [0.717, 1.165) is 11.1 Å². The van der Waals surface area contributed by atoms with Gasteiger partial charge in [-0.1, -0.05) is 18.2 Å². The highest BCUT2D eigenvalue weighted by atomic mass is 16.5. The standard InChI is InChI=1S/C19H21NO5/c1-11-5-6-13(9-12(11)2)17(19(22)23)20-18(21)15-8-7-14(24-3)10-16(15)25-4/h5-10,17H,1-4H3,(H,20,21)(H,22,23). The first kappa shape index (κ1) is 18.3. The van der Waals surface area contributed by atoms with Crippen LogP contribution in [0.4, 0.5) is 0 Å². The molecule has 1 amide bonds. The Kier molecular flexibility index (Phi) is 5.64. The number of carboxylic acids is 1. The maximum Gasteiger partial charge on any atom is 0.330 e. The molecule has 0 fully saturated rings. The van der Waals surface area contributed by atoms with Crippen LogP contribution in [0.5, 0.6) is 11.5 Å². The SMILES string of the molecule is COc1ccc(C(=O)NC(C(=O)O)c2ccc(C)c(C)c2)c(OC)c1. The molecule has 0 aliphatic heterocycles. The zero-order valence-electron chi connectivity index (χ0n) is 14.6. The number of ether oxygens (including phenoxy) is 2. The van der Waals surface area contributed by atoms with Crippen molar-refractivity contribution in [3.63, 3.8) is 0 Å². The summed E-state index contributed by atoms with van der Waals surface area (Å²) < 4.78 is 10.3. The fourth-order valence-electron chi connectivity index (χ4n) is 2.43. The van der Waals surface area contributed by atoms with Crippen molar-refractivity contribution >= 4 is 11.9 Å². The largest absolute Gasteiger partial charge is 0.497 e. The van der Waals surface area contributed by atoms with Gasteiger partial charge in [-0.2, -0.15) is 0 Å². The average molecular weight is 343 g/mol. The Morgan fingerprint density at radius 2 is 1.72 bits per heavy atom. The molecular formula is C19H21NO5. The van der Waals surface area contributed by atoms with Gasteiger partial charge in [0.05, 0.1) is 19.8 Å². The zero-order chi connectivity index (χ0) is 18.6. The van der Waals surface area contributed by atoms with Crippen LogP contribution in [0.1, 0.15) is 33.1 Å². The van der Waals surface area contributed by atoms with Gasteiger partial charge in [-0.25, -0.2) is 4.79 Å². The minimum atomic E-state index is -1.15. The first-order chi connectivity index (χ1) is 11.9. The summed E-state index contributed by atoms with van der Waals surface area (Å²) in [5.74, 6) is -0.826. The van der Waals surface area contributed by atoms with E-state index >= 15 is 0 Å². The lowest BCUT2D eigenvalue weighted by molar-refractivity contribution is -0.139. The molecule has 0 aliphatic carbocycles. The van der Waals surface area contributed by atoms with Crippen LogP contribution in [0, 0.1) is 13.8 Å². The van der Waals surface area contributed by atoms with Crippen LogP contribution in [-0.2, 0) is 4.79 Å². The topological polar surface area (TPSA) is 84.9 Å². The van der Waals surface area contributed by atoms with Crippen LogP contribution >= 0.6 is 0 Å². The second kappa shape index (κ2) is 7.70. The number of hydrogen-bond acceptors (Lipinski definition) is 4. The lowest BCUT2D eigenvalue weighted by atomic mass is 10.0. The summed E-state index contributed by atoms with van der Waals surface area (Å²) in [7, 11) is 2.94. The summed E-state index contributed by atoms with van der Waals surface area (Å²) in [4.78, 5) is 24.2. The van der Waals surface area contributed by atoms with E-state index in [-0.39, 0.29) is 5.56 Å². The Hall–Kier alpha value is -3.02. The maximum absolute atomic E-state index is 12.6. The van der Waals surface area contributed by atoms with Gasteiger partial charge in [-0.05, 0) is 42.7 Å². The number of carbonyl (C=O) groups is 2. The summed E-state index contributed by atoms with van der Waals surface area (Å²) in [6.45, 7) is 3.84. The molecule has 0 aliphatic rings. The number of aliphatic carboxylic acids is 1. The number of aryl methyl sites for hydroxylation is 2. The van der Waals surface area contributed by atoms with Crippen molar-refractivity contribution in [1.82, 2.24) is 5.32 Å². The molecule has 0 bridgehead atoms. The van der Waals surface area contributed by atoms with E-state index in [1.807, 2.05) is 19.9 Å². The fourth-order valence-corrected chi connectivity index (χ4v) is 2.43. The van der Waals surface area contributed by atoms with Gasteiger partial charge in [0.2, 0.25) is 0 Å². The molecule has 1 atom stereocenters. The van der Waals surface area contributed by atoms with Crippen LogP contribution < -0.4 is 14.8 Å². The molecule has 0 radical (unpaired) electrons. The van der Waals surface area contributed by atoms with Gasteiger partial charge >= 0.3 is 5.97 Å². The van der Waals surface area contributed by atoms with Crippen molar-refractivity contribution in [2.45, 2.75) is 19.9 Å². The van der Waals surface area contributed by atoms with Gasteiger partial charge < -0.3 is 19.9 Å². The van der Waals surface area contributed by atoms with Gasteiger partial charge in [0.1, 0.15) is 11.5 Å². The summed E-state index contributed by atoms with van der Waals surface area (Å²) in [5.41, 5.74) is 2.76. The summed E-state index contributed by atoms with van der Waals surface area (Å²) in [6.07, 6.45) is 0. The van der Waals surface area contributed by atoms with Crippen LogP contribution in [0.3, 0.4) is 0 Å². The fraction of sp³-hybridized carbons (Fsp3) is 0.263. The molecule has 6 nitrogen and oxygen atoms in total. The van der Waals surface area contributed by atoms with Gasteiger partial charge in [0.15, 0.2) is 6.04 Å². The van der Waals surface area contributed by atoms with Crippen molar-refractivity contribution in [1.29, 1.82) is 0 Å². The first-order valence-electron chi connectivity index (χ1n) is 7.70. The smallest absolute Gasteiger partial charge is 0.330 e. The molecule has 0 spiro atoms. The highest BCUT2D eigenvalue weighted by Gasteiger charge is 2.24. The molecule has 6 heteroatoms. The first-order valence-corrected chi connectivity index (χ1v) is 7.70. The van der Waals surface area contributed by atoms with Crippen LogP contribution in [0.15, 0.2) is 36.4 Å². The van der Waals surface area contributed by atoms with Crippen LogP contribution in [0.25, 0.3) is 0 Å². The molecule has 25 heavy (non-hydrogen) atoms. The van der Waals surface area contributed by atoms with E-state index in [4.69, 9.17) is 9.47 Å². The number of hydrogen-bond donors (Lipinski definition) is 2. The van der Waals surface area contributed by atoms with E-state index in [2.05, 4.69) is 5.32 Å². The number of amides is 1. The van der Waals surface area contributed by atoms with E-state index in [9.17, 15) is 14.7 Å². The predicted molar refractivity (Wildman–Crippen MR) is 93.3 cm³/mol. The van der Waals surface area contributed by atoms with E-state index < -0.39 is 17.9 Å². The van der Waals surface area contributed by atoms with E-state index in [1.54, 1.807) is 24.3 Å². The van der Waals surface area contributed by atoms with Crippen LogP contribution in [0.2, 0.25) is 0 Å². The monoisotopic (exact) mass is 343 g/mol. The number of rotatable bonds is 6. The van der Waals surface area contributed by atoms with Crippen molar-refractivity contribution in [2.24, 2.45) is 0 Å². The molecule has 2 aromatic rings.